The van der Waals surface area contributed by atoms with Crippen molar-refractivity contribution in [3.63, 3.8) is 0 Å². The Morgan fingerprint density at radius 2 is 2.00 bits per heavy atom. The molecule has 1 aromatic rings. The van der Waals surface area contributed by atoms with E-state index in [0.717, 1.165) is 34.6 Å². The molecule has 0 aromatic heterocycles. The topological polar surface area (TPSA) is 26.3 Å². The van der Waals surface area contributed by atoms with Crippen molar-refractivity contribution >= 4 is 17.5 Å². The standard InChI is InChI=1S/C19H22O2S/c1-13-6-4-5-7-16(13)21-12-14-8-9-22-17-11-19(2,3)10-15(20)18(14)17/h4-8H,9-12H2,1-3H3. The summed E-state index contributed by atoms with van der Waals surface area (Å²) in [5.74, 6) is 2.11. The van der Waals surface area contributed by atoms with Crippen molar-refractivity contribution in [1.82, 2.24) is 0 Å². The normalized spacial score (nSPS) is 20.5. The fourth-order valence-corrected chi connectivity index (χ4v) is 4.46. The molecule has 0 fully saturated rings. The summed E-state index contributed by atoms with van der Waals surface area (Å²) >= 11 is 1.81. The molecule has 3 rings (SSSR count). The molecule has 0 N–H and O–H groups in total. The van der Waals surface area contributed by atoms with Gasteiger partial charge in [-0.2, -0.15) is 0 Å². The lowest BCUT2D eigenvalue weighted by molar-refractivity contribution is -0.117. The number of benzene rings is 1. The van der Waals surface area contributed by atoms with Crippen LogP contribution in [-0.4, -0.2) is 18.1 Å². The van der Waals surface area contributed by atoms with Crippen molar-refractivity contribution in [2.24, 2.45) is 5.41 Å². The number of Topliss-reactive ketones (excluding diaryl/α,β-unsaturated/α-hetero) is 1. The van der Waals surface area contributed by atoms with Gasteiger partial charge in [0.1, 0.15) is 12.4 Å². The third-order valence-corrected chi connectivity index (χ3v) is 5.25. The van der Waals surface area contributed by atoms with Crippen LogP contribution in [0.15, 0.2) is 46.4 Å². The SMILES string of the molecule is Cc1ccccc1OCC1=CCSC2=C1C(=O)CC(C)(C)C2. The van der Waals surface area contributed by atoms with Gasteiger partial charge in [0.15, 0.2) is 5.78 Å². The van der Waals surface area contributed by atoms with Crippen LogP contribution in [-0.2, 0) is 4.79 Å². The lowest BCUT2D eigenvalue weighted by atomic mass is 9.76. The summed E-state index contributed by atoms with van der Waals surface area (Å²) in [6.07, 6.45) is 3.78. The molecule has 22 heavy (non-hydrogen) atoms. The lowest BCUT2D eigenvalue weighted by Gasteiger charge is -2.34. The molecule has 2 nitrogen and oxygen atoms in total. The molecule has 2 aliphatic rings. The van der Waals surface area contributed by atoms with Crippen LogP contribution in [0, 0.1) is 12.3 Å². The second kappa shape index (κ2) is 5.96. The van der Waals surface area contributed by atoms with Crippen molar-refractivity contribution in [3.05, 3.63) is 52.0 Å². The largest absolute Gasteiger partial charge is 0.489 e. The van der Waals surface area contributed by atoms with Gasteiger partial charge in [-0.3, -0.25) is 4.79 Å². The molecular formula is C19H22O2S. The Hall–Kier alpha value is -1.48. The van der Waals surface area contributed by atoms with Gasteiger partial charge in [-0.25, -0.2) is 0 Å². The molecule has 1 aliphatic heterocycles. The summed E-state index contributed by atoms with van der Waals surface area (Å²) in [6.45, 7) is 6.88. The predicted molar refractivity (Wildman–Crippen MR) is 92.3 cm³/mol. The fraction of sp³-hybridized carbons (Fsp3) is 0.421. The first-order valence-electron chi connectivity index (χ1n) is 7.73. The van der Waals surface area contributed by atoms with Gasteiger partial charge in [0, 0.05) is 17.7 Å². The minimum Gasteiger partial charge on any atom is -0.489 e. The molecule has 3 heteroatoms. The number of ketones is 1. The lowest BCUT2D eigenvalue weighted by Crippen LogP contribution is -2.28. The number of para-hydroxylation sites is 1. The fourth-order valence-electron chi connectivity index (χ4n) is 3.10. The third-order valence-electron chi connectivity index (χ3n) is 4.22. The summed E-state index contributed by atoms with van der Waals surface area (Å²) in [6, 6.07) is 8.01. The van der Waals surface area contributed by atoms with E-state index in [1.54, 1.807) is 0 Å². The van der Waals surface area contributed by atoms with E-state index >= 15 is 0 Å². The summed E-state index contributed by atoms with van der Waals surface area (Å²) in [4.78, 5) is 13.8. The Labute approximate surface area is 136 Å². The minimum atomic E-state index is 0.0856. The Morgan fingerprint density at radius 3 is 2.77 bits per heavy atom. The zero-order valence-electron chi connectivity index (χ0n) is 13.4. The maximum Gasteiger partial charge on any atom is 0.164 e. The van der Waals surface area contributed by atoms with Gasteiger partial charge in [-0.15, -0.1) is 11.8 Å². The van der Waals surface area contributed by atoms with E-state index in [0.29, 0.717) is 13.0 Å². The van der Waals surface area contributed by atoms with Crippen LogP contribution < -0.4 is 4.74 Å². The molecule has 0 saturated carbocycles. The van der Waals surface area contributed by atoms with Gasteiger partial charge in [0.25, 0.3) is 0 Å². The van der Waals surface area contributed by atoms with Gasteiger partial charge in [0.2, 0.25) is 0 Å². The molecule has 1 aromatic carbocycles. The van der Waals surface area contributed by atoms with Crippen molar-refractivity contribution in [2.75, 3.05) is 12.4 Å². The number of rotatable bonds is 3. The van der Waals surface area contributed by atoms with Crippen molar-refractivity contribution < 1.29 is 9.53 Å². The first kappa shape index (κ1) is 15.4. The monoisotopic (exact) mass is 314 g/mol. The van der Waals surface area contributed by atoms with Gasteiger partial charge < -0.3 is 4.74 Å². The van der Waals surface area contributed by atoms with E-state index in [-0.39, 0.29) is 11.2 Å². The van der Waals surface area contributed by atoms with Crippen LogP contribution in [0.5, 0.6) is 5.75 Å². The highest BCUT2D eigenvalue weighted by atomic mass is 32.2. The molecule has 0 unspecified atom stereocenters. The van der Waals surface area contributed by atoms with Crippen molar-refractivity contribution in [1.29, 1.82) is 0 Å². The minimum absolute atomic E-state index is 0.0856. The second-order valence-electron chi connectivity index (χ2n) is 6.83. The first-order chi connectivity index (χ1) is 10.5. The summed E-state index contributed by atoms with van der Waals surface area (Å²) in [5.41, 5.74) is 3.21. The number of thioether (sulfide) groups is 1. The summed E-state index contributed by atoms with van der Waals surface area (Å²) in [5, 5.41) is 0. The molecular weight excluding hydrogens is 292 g/mol. The summed E-state index contributed by atoms with van der Waals surface area (Å²) in [7, 11) is 0. The maximum atomic E-state index is 12.6. The number of hydrogen-bond acceptors (Lipinski definition) is 3. The molecule has 0 bridgehead atoms. The van der Waals surface area contributed by atoms with Crippen LogP contribution in [0.4, 0.5) is 0 Å². The number of hydrogen-bond donors (Lipinski definition) is 0. The molecule has 1 heterocycles. The predicted octanol–water partition coefficient (Wildman–Crippen LogP) is 4.69. The zero-order chi connectivity index (χ0) is 15.7. The molecule has 0 atom stereocenters. The number of allylic oxidation sites excluding steroid dienone is 1. The average Bonchev–Trinajstić information content (AvgIpc) is 2.44. The molecule has 0 saturated heterocycles. The van der Waals surface area contributed by atoms with Crippen LogP contribution >= 0.6 is 11.8 Å². The highest BCUT2D eigenvalue weighted by Crippen LogP contribution is 2.45. The smallest absolute Gasteiger partial charge is 0.164 e. The Morgan fingerprint density at radius 1 is 1.23 bits per heavy atom. The van der Waals surface area contributed by atoms with E-state index in [1.165, 1.54) is 4.91 Å². The van der Waals surface area contributed by atoms with Gasteiger partial charge in [0.05, 0.1) is 0 Å². The molecule has 1 aliphatic carbocycles. The van der Waals surface area contributed by atoms with Crippen molar-refractivity contribution in [3.8, 4) is 5.75 Å². The van der Waals surface area contributed by atoms with Gasteiger partial charge >= 0.3 is 0 Å². The quantitative estimate of drug-likeness (QED) is 0.809. The zero-order valence-corrected chi connectivity index (χ0v) is 14.3. The van der Waals surface area contributed by atoms with Gasteiger partial charge in [-0.05, 0) is 40.9 Å². The molecule has 0 radical (unpaired) electrons. The molecule has 0 amide bonds. The Kier molecular flexibility index (Phi) is 4.18. The van der Waals surface area contributed by atoms with E-state index in [9.17, 15) is 4.79 Å². The average molecular weight is 314 g/mol. The molecule has 0 spiro atoms. The highest BCUT2D eigenvalue weighted by molar-refractivity contribution is 8.03. The van der Waals surface area contributed by atoms with Crippen LogP contribution in [0.3, 0.4) is 0 Å². The Bertz CT molecular complexity index is 668. The van der Waals surface area contributed by atoms with E-state index in [1.807, 2.05) is 43.0 Å². The van der Waals surface area contributed by atoms with Crippen LogP contribution in [0.25, 0.3) is 0 Å². The highest BCUT2D eigenvalue weighted by Gasteiger charge is 2.35. The van der Waals surface area contributed by atoms with Crippen molar-refractivity contribution in [2.45, 2.75) is 33.6 Å². The first-order valence-corrected chi connectivity index (χ1v) is 8.72. The second-order valence-corrected chi connectivity index (χ2v) is 7.95. The Balaban J connectivity index is 1.80. The number of carbonyl (C=O) groups is 1. The number of carbonyl (C=O) groups excluding carboxylic acids is 1. The third kappa shape index (κ3) is 3.14. The number of aryl methyl sites for hydroxylation is 1. The number of ether oxygens (including phenoxy) is 1. The van der Waals surface area contributed by atoms with Crippen LogP contribution in [0.1, 0.15) is 32.3 Å². The summed E-state index contributed by atoms with van der Waals surface area (Å²) < 4.78 is 5.96. The maximum absolute atomic E-state index is 12.6. The van der Waals surface area contributed by atoms with Crippen LogP contribution in [0.2, 0.25) is 0 Å². The van der Waals surface area contributed by atoms with E-state index in [2.05, 4.69) is 19.9 Å². The van der Waals surface area contributed by atoms with E-state index < -0.39 is 0 Å². The van der Waals surface area contributed by atoms with Gasteiger partial charge in [-0.1, -0.05) is 38.1 Å². The van der Waals surface area contributed by atoms with E-state index in [4.69, 9.17) is 4.74 Å². The molecule has 116 valence electrons.